The number of imide groups is 1. The SMILES string of the molecule is NCC(NC(=O)c1cnn2cccnc12)c1cc(Cl)c2cnn(CCN3C(=O)c4ccccc4C3=O)c2c1-c1ccccc1. The summed E-state index contributed by atoms with van der Waals surface area (Å²) in [5.41, 5.74) is 10.8. The van der Waals surface area contributed by atoms with Gasteiger partial charge >= 0.3 is 0 Å². The van der Waals surface area contributed by atoms with Crippen LogP contribution in [-0.2, 0) is 6.54 Å². The third kappa shape index (κ3) is 4.50. The molecule has 11 nitrogen and oxygen atoms in total. The monoisotopic (exact) mass is 604 g/mol. The average molecular weight is 605 g/mol. The van der Waals surface area contributed by atoms with E-state index >= 15 is 0 Å². The van der Waals surface area contributed by atoms with Gasteiger partial charge in [-0.15, -0.1) is 0 Å². The van der Waals surface area contributed by atoms with Gasteiger partial charge in [-0.2, -0.15) is 10.2 Å². The molecular weight excluding hydrogens is 580 g/mol. The summed E-state index contributed by atoms with van der Waals surface area (Å²) in [6, 6.07) is 19.3. The Bertz CT molecular complexity index is 2050. The number of aromatic nitrogens is 5. The predicted octanol–water partition coefficient (Wildman–Crippen LogP) is 4.13. The maximum absolute atomic E-state index is 13.5. The van der Waals surface area contributed by atoms with E-state index in [0.717, 1.165) is 11.1 Å². The zero-order valence-corrected chi connectivity index (χ0v) is 24.0. The summed E-state index contributed by atoms with van der Waals surface area (Å²) >= 11 is 6.84. The second-order valence-corrected chi connectivity index (χ2v) is 10.7. The average Bonchev–Trinajstić information content (AvgIpc) is 3.74. The summed E-state index contributed by atoms with van der Waals surface area (Å²) < 4.78 is 3.26. The number of hydrogen-bond acceptors (Lipinski definition) is 7. The second-order valence-electron chi connectivity index (χ2n) is 10.3. The highest BCUT2D eigenvalue weighted by molar-refractivity contribution is 6.36. The van der Waals surface area contributed by atoms with E-state index in [1.54, 1.807) is 59.7 Å². The summed E-state index contributed by atoms with van der Waals surface area (Å²) in [6.45, 7) is 0.406. The van der Waals surface area contributed by atoms with Gasteiger partial charge in [-0.3, -0.25) is 24.0 Å². The van der Waals surface area contributed by atoms with Gasteiger partial charge in [0, 0.05) is 36.4 Å². The Balaban J connectivity index is 1.29. The highest BCUT2D eigenvalue weighted by Gasteiger charge is 2.35. The van der Waals surface area contributed by atoms with Crippen molar-refractivity contribution in [3.63, 3.8) is 0 Å². The fraction of sp³-hybridized carbons (Fsp3) is 0.125. The number of carbonyl (C=O) groups excluding carboxylic acids is 3. The number of nitrogens with two attached hydrogens (primary N) is 1. The van der Waals surface area contributed by atoms with Crippen molar-refractivity contribution < 1.29 is 14.4 Å². The Labute approximate surface area is 255 Å². The molecule has 7 rings (SSSR count). The van der Waals surface area contributed by atoms with E-state index < -0.39 is 6.04 Å². The molecule has 0 fully saturated rings. The molecule has 1 aliphatic heterocycles. The van der Waals surface area contributed by atoms with Crippen LogP contribution in [0.4, 0.5) is 0 Å². The lowest BCUT2D eigenvalue weighted by molar-refractivity contribution is 0.0647. The van der Waals surface area contributed by atoms with Crippen molar-refractivity contribution >= 4 is 45.9 Å². The van der Waals surface area contributed by atoms with Crippen molar-refractivity contribution in [2.45, 2.75) is 12.6 Å². The number of amides is 3. The van der Waals surface area contributed by atoms with Gasteiger partial charge in [0.1, 0.15) is 5.56 Å². The Kier molecular flexibility index (Phi) is 6.88. The van der Waals surface area contributed by atoms with Crippen LogP contribution in [0.1, 0.15) is 42.7 Å². The van der Waals surface area contributed by atoms with E-state index in [1.807, 2.05) is 30.3 Å². The molecule has 0 saturated heterocycles. The van der Waals surface area contributed by atoms with Crippen molar-refractivity contribution in [1.29, 1.82) is 0 Å². The standard InChI is InChI=1S/C32H25ClN8O3/c33-25-15-22(26(16-34)38-30(42)24-18-37-41-12-6-11-35-29(24)41)27(19-7-2-1-3-8-19)28-23(25)17-36-40(28)14-13-39-31(43)20-9-4-5-10-21(20)32(39)44/h1-12,15,17-18,26H,13-14,16,34H2,(H,38,42). The fourth-order valence-corrected chi connectivity index (χ4v) is 5.98. The zero-order chi connectivity index (χ0) is 30.4. The third-order valence-electron chi connectivity index (χ3n) is 7.82. The first-order valence-corrected chi connectivity index (χ1v) is 14.3. The number of nitrogens with zero attached hydrogens (tertiary/aromatic N) is 6. The van der Waals surface area contributed by atoms with Gasteiger partial charge in [0.15, 0.2) is 5.65 Å². The number of halogens is 1. The van der Waals surface area contributed by atoms with Gasteiger partial charge < -0.3 is 11.1 Å². The minimum atomic E-state index is -0.641. The molecule has 12 heteroatoms. The van der Waals surface area contributed by atoms with Crippen LogP contribution in [0.3, 0.4) is 0 Å². The van der Waals surface area contributed by atoms with Crippen molar-refractivity contribution in [3.05, 3.63) is 119 Å². The first-order chi connectivity index (χ1) is 21.5. The van der Waals surface area contributed by atoms with Crippen molar-refractivity contribution in [3.8, 4) is 11.1 Å². The highest BCUT2D eigenvalue weighted by atomic mass is 35.5. The van der Waals surface area contributed by atoms with Gasteiger partial charge in [0.2, 0.25) is 0 Å². The number of benzene rings is 3. The first kappa shape index (κ1) is 27.4. The Morgan fingerprint density at radius 2 is 1.66 bits per heavy atom. The molecule has 3 amide bonds. The molecule has 0 spiro atoms. The largest absolute Gasteiger partial charge is 0.344 e. The number of hydrogen-bond donors (Lipinski definition) is 2. The van der Waals surface area contributed by atoms with Gasteiger partial charge in [-0.1, -0.05) is 54.1 Å². The van der Waals surface area contributed by atoms with Crippen molar-refractivity contribution in [2.75, 3.05) is 13.1 Å². The normalized spacial score (nSPS) is 13.5. The molecule has 3 aromatic carbocycles. The lowest BCUT2D eigenvalue weighted by atomic mass is 9.92. The quantitative estimate of drug-likeness (QED) is 0.249. The van der Waals surface area contributed by atoms with E-state index in [4.69, 9.17) is 17.3 Å². The molecule has 0 radical (unpaired) electrons. The van der Waals surface area contributed by atoms with Gasteiger partial charge in [0.25, 0.3) is 17.7 Å². The molecule has 3 N–H and O–H groups in total. The summed E-state index contributed by atoms with van der Waals surface area (Å²) in [5.74, 6) is -1.06. The first-order valence-electron chi connectivity index (χ1n) is 13.9. The smallest absolute Gasteiger partial charge is 0.261 e. The van der Waals surface area contributed by atoms with Crippen molar-refractivity contribution in [2.24, 2.45) is 5.73 Å². The minimum absolute atomic E-state index is 0.0726. The fourth-order valence-electron chi connectivity index (χ4n) is 5.72. The summed E-state index contributed by atoms with van der Waals surface area (Å²) in [4.78, 5) is 45.1. The number of nitrogens with one attached hydrogen (secondary N) is 1. The summed E-state index contributed by atoms with van der Waals surface area (Å²) in [6.07, 6.45) is 6.44. The van der Waals surface area contributed by atoms with Gasteiger partial charge in [0.05, 0.1) is 46.6 Å². The van der Waals surface area contributed by atoms with E-state index in [9.17, 15) is 14.4 Å². The maximum atomic E-state index is 13.5. The van der Waals surface area contributed by atoms with E-state index in [0.29, 0.717) is 43.8 Å². The van der Waals surface area contributed by atoms with Crippen molar-refractivity contribution in [1.82, 2.24) is 34.6 Å². The van der Waals surface area contributed by atoms with Crippen LogP contribution in [0.25, 0.3) is 27.7 Å². The molecule has 218 valence electrons. The van der Waals surface area contributed by atoms with Gasteiger partial charge in [-0.05, 0) is 35.4 Å². The van der Waals surface area contributed by atoms with Crippen LogP contribution in [-0.4, -0.2) is 60.1 Å². The molecule has 1 aliphatic rings. The predicted molar refractivity (Wildman–Crippen MR) is 164 cm³/mol. The lowest BCUT2D eigenvalue weighted by Gasteiger charge is -2.23. The molecule has 1 atom stereocenters. The maximum Gasteiger partial charge on any atom is 0.261 e. The van der Waals surface area contributed by atoms with Crippen LogP contribution in [0.15, 0.2) is 91.5 Å². The second kappa shape index (κ2) is 11.0. The van der Waals surface area contributed by atoms with E-state index in [1.165, 1.54) is 15.6 Å². The molecular formula is C32H25ClN8O3. The molecule has 3 aromatic heterocycles. The van der Waals surface area contributed by atoms with Gasteiger partial charge in [-0.25, -0.2) is 9.50 Å². The van der Waals surface area contributed by atoms with Crippen LogP contribution in [0.5, 0.6) is 0 Å². The Morgan fingerprint density at radius 3 is 2.39 bits per heavy atom. The van der Waals surface area contributed by atoms with E-state index in [-0.39, 0.29) is 37.4 Å². The number of fused-ring (bicyclic) bond motifs is 3. The molecule has 0 saturated carbocycles. The topological polar surface area (TPSA) is 141 Å². The molecule has 1 unspecified atom stereocenters. The Hall–Kier alpha value is -5.39. The summed E-state index contributed by atoms with van der Waals surface area (Å²) in [7, 11) is 0. The van der Waals surface area contributed by atoms with Crippen LogP contribution in [0, 0.1) is 0 Å². The van der Waals surface area contributed by atoms with Crippen LogP contribution in [0.2, 0.25) is 5.02 Å². The van der Waals surface area contributed by atoms with Crippen LogP contribution >= 0.6 is 11.6 Å². The molecule has 6 aromatic rings. The molecule has 44 heavy (non-hydrogen) atoms. The number of carbonyl (C=O) groups is 3. The minimum Gasteiger partial charge on any atom is -0.344 e. The molecule has 0 bridgehead atoms. The molecule has 0 aliphatic carbocycles. The molecule has 4 heterocycles. The highest BCUT2D eigenvalue weighted by Crippen LogP contribution is 2.39. The van der Waals surface area contributed by atoms with Crippen LogP contribution < -0.4 is 11.1 Å². The number of rotatable bonds is 8. The lowest BCUT2D eigenvalue weighted by Crippen LogP contribution is -2.34. The Morgan fingerprint density at radius 1 is 0.932 bits per heavy atom. The third-order valence-corrected chi connectivity index (χ3v) is 8.13. The zero-order valence-electron chi connectivity index (χ0n) is 23.2. The summed E-state index contributed by atoms with van der Waals surface area (Å²) in [5, 5.41) is 13.0. The van der Waals surface area contributed by atoms with E-state index in [2.05, 4.69) is 20.5 Å².